The van der Waals surface area contributed by atoms with Crippen LogP contribution < -0.4 is 5.56 Å². The lowest BCUT2D eigenvalue weighted by Crippen LogP contribution is -2.47. The Morgan fingerprint density at radius 1 is 1.02 bits per heavy atom. The Hall–Kier alpha value is -4.32. The molecule has 2 amide bonds. The van der Waals surface area contributed by atoms with Crippen molar-refractivity contribution in [1.29, 1.82) is 5.41 Å². The lowest BCUT2D eigenvalue weighted by Gasteiger charge is -2.32. The summed E-state index contributed by atoms with van der Waals surface area (Å²) in [4.78, 5) is 71.0. The summed E-state index contributed by atoms with van der Waals surface area (Å²) < 4.78 is 14.5. The number of aryl methyl sites for hydroxylation is 1. The summed E-state index contributed by atoms with van der Waals surface area (Å²) in [7, 11) is 0. The van der Waals surface area contributed by atoms with Gasteiger partial charge in [-0.25, -0.2) is 9.07 Å². The number of Topliss-reactive ketones (excluding diaryl/α,β-unsaturated/α-hetero) is 2. The van der Waals surface area contributed by atoms with Crippen molar-refractivity contribution < 1.29 is 23.6 Å². The van der Waals surface area contributed by atoms with E-state index >= 15 is 0 Å². The monoisotopic (exact) mass is 560 g/mol. The Morgan fingerprint density at radius 3 is 2.46 bits per heavy atom. The zero-order chi connectivity index (χ0) is 29.0. The molecule has 1 N–H and O–H groups in total. The highest BCUT2D eigenvalue weighted by Gasteiger charge is 2.57. The van der Waals surface area contributed by atoms with Crippen LogP contribution >= 0.6 is 0 Å². The number of ketones is 2. The minimum atomic E-state index is -0.949. The lowest BCUT2D eigenvalue weighted by atomic mass is 9.90. The van der Waals surface area contributed by atoms with Gasteiger partial charge in [-0.05, 0) is 61.4 Å². The highest BCUT2D eigenvalue weighted by Crippen LogP contribution is 2.44. The van der Waals surface area contributed by atoms with Gasteiger partial charge in [0.25, 0.3) is 11.5 Å². The smallest absolute Gasteiger partial charge is 0.267 e. The van der Waals surface area contributed by atoms with Crippen LogP contribution in [-0.2, 0) is 32.3 Å². The first-order chi connectivity index (χ1) is 19.6. The normalized spacial score (nSPS) is 23.2. The van der Waals surface area contributed by atoms with Gasteiger partial charge in [-0.2, -0.15) is 5.10 Å². The van der Waals surface area contributed by atoms with Crippen LogP contribution in [0.4, 0.5) is 4.39 Å². The maximum absolute atomic E-state index is 14.0. The van der Waals surface area contributed by atoms with Gasteiger partial charge in [0.05, 0.1) is 42.8 Å². The number of halogens is 1. The topological polar surface area (TPSA) is 137 Å². The maximum atomic E-state index is 14.0. The zero-order valence-electron chi connectivity index (χ0n) is 22.5. The predicted molar refractivity (Wildman–Crippen MR) is 143 cm³/mol. The average molecular weight is 561 g/mol. The fourth-order valence-corrected chi connectivity index (χ4v) is 6.12. The van der Waals surface area contributed by atoms with Crippen LogP contribution in [0.3, 0.4) is 0 Å². The van der Waals surface area contributed by atoms with Gasteiger partial charge in [0.1, 0.15) is 11.9 Å². The molecule has 11 nitrogen and oxygen atoms in total. The Bertz CT molecular complexity index is 1580. The number of nitrogens with one attached hydrogen (secondary N) is 1. The second-order valence-corrected chi connectivity index (χ2v) is 11.1. The lowest BCUT2D eigenvalue weighted by molar-refractivity contribution is -0.138. The first-order valence-electron chi connectivity index (χ1n) is 13.6. The number of carbonyl (C=O) groups excluding carboxylic acids is 4. The van der Waals surface area contributed by atoms with E-state index in [2.05, 4.69) is 5.10 Å². The number of carbonyl (C=O) groups is 4. The van der Waals surface area contributed by atoms with Crippen LogP contribution in [0, 0.1) is 24.1 Å². The molecule has 6 rings (SSSR count). The van der Waals surface area contributed by atoms with Gasteiger partial charge in [0.2, 0.25) is 17.5 Å². The van der Waals surface area contributed by atoms with Crippen molar-refractivity contribution in [2.45, 2.75) is 51.5 Å². The summed E-state index contributed by atoms with van der Waals surface area (Å²) in [5.41, 5.74) is 1.15. The molecule has 2 aromatic rings. The third-order valence-corrected chi connectivity index (χ3v) is 8.15. The van der Waals surface area contributed by atoms with Crippen molar-refractivity contribution in [3.05, 3.63) is 75.0 Å². The van der Waals surface area contributed by atoms with Crippen LogP contribution in [0.5, 0.6) is 0 Å². The second kappa shape index (κ2) is 10.3. The van der Waals surface area contributed by atoms with Crippen molar-refractivity contribution in [2.75, 3.05) is 19.6 Å². The molecule has 1 aromatic carbocycles. The minimum absolute atomic E-state index is 0.0650. The van der Waals surface area contributed by atoms with Crippen LogP contribution in [0.15, 0.2) is 52.3 Å². The van der Waals surface area contributed by atoms with E-state index in [-0.39, 0.29) is 67.8 Å². The molecule has 212 valence electrons. The van der Waals surface area contributed by atoms with Gasteiger partial charge in [-0.3, -0.25) is 28.9 Å². The molecule has 1 aromatic heterocycles. The molecule has 1 saturated carbocycles. The fraction of sp³-hybridized carbons (Fsp3) is 0.414. The molecule has 3 aliphatic heterocycles. The molecule has 2 unspecified atom stereocenters. The highest BCUT2D eigenvalue weighted by atomic mass is 19.1. The summed E-state index contributed by atoms with van der Waals surface area (Å²) in [6.07, 6.45) is 1.41. The summed E-state index contributed by atoms with van der Waals surface area (Å²) in [5.74, 6) is -2.92. The minimum Gasteiger partial charge on any atom is -0.334 e. The number of benzene rings is 1. The molecular formula is C29H29FN6O5. The Morgan fingerprint density at radius 2 is 1.76 bits per heavy atom. The van der Waals surface area contributed by atoms with E-state index in [1.807, 2.05) is 0 Å². The molecule has 12 heteroatoms. The van der Waals surface area contributed by atoms with Crippen molar-refractivity contribution >= 4 is 29.1 Å². The standard InChI is InChI=1S/C29H29FN6O5/c1-16-2-9-23(38)36(32-16)14-20(31)13-35-27(18-5-6-18)34-15-22(37)26(39)24-21(25(34)29(35)41)10-11-33(28(24)40)12-17-3-7-19(30)8-4-17/h2-4,7-9,18,25,27,31H,5-6,10-15H2,1H3. The van der Waals surface area contributed by atoms with Crippen LogP contribution in [0.1, 0.15) is 30.5 Å². The van der Waals surface area contributed by atoms with Gasteiger partial charge in [0.15, 0.2) is 0 Å². The van der Waals surface area contributed by atoms with Gasteiger partial charge in [-0.1, -0.05) is 12.1 Å². The summed E-state index contributed by atoms with van der Waals surface area (Å²) in [6, 6.07) is 7.72. The Kier molecular flexibility index (Phi) is 6.72. The molecule has 4 heterocycles. The van der Waals surface area contributed by atoms with E-state index in [0.29, 0.717) is 16.8 Å². The third kappa shape index (κ3) is 4.92. The molecule has 0 bridgehead atoms. The number of rotatable bonds is 7. The predicted octanol–water partition coefficient (Wildman–Crippen LogP) is 0.840. The molecule has 1 aliphatic carbocycles. The third-order valence-electron chi connectivity index (χ3n) is 8.15. The van der Waals surface area contributed by atoms with Crippen LogP contribution in [0.25, 0.3) is 0 Å². The average Bonchev–Trinajstić information content (AvgIpc) is 3.74. The van der Waals surface area contributed by atoms with Gasteiger partial charge >= 0.3 is 0 Å². The van der Waals surface area contributed by atoms with Crippen molar-refractivity contribution in [3.63, 3.8) is 0 Å². The number of amides is 2. The van der Waals surface area contributed by atoms with E-state index in [4.69, 9.17) is 5.41 Å². The molecule has 4 aliphatic rings. The molecule has 0 spiro atoms. The van der Waals surface area contributed by atoms with Gasteiger partial charge in [0, 0.05) is 19.2 Å². The summed E-state index contributed by atoms with van der Waals surface area (Å²) >= 11 is 0. The number of hydrogen-bond acceptors (Lipinski definition) is 8. The highest BCUT2D eigenvalue weighted by molar-refractivity contribution is 6.50. The second-order valence-electron chi connectivity index (χ2n) is 11.1. The summed E-state index contributed by atoms with van der Waals surface area (Å²) in [6.45, 7) is 1.67. The van der Waals surface area contributed by atoms with E-state index in [0.717, 1.165) is 12.8 Å². The molecule has 2 fully saturated rings. The van der Waals surface area contributed by atoms with Gasteiger partial charge < -0.3 is 15.2 Å². The van der Waals surface area contributed by atoms with Crippen molar-refractivity contribution in [1.82, 2.24) is 24.5 Å². The van der Waals surface area contributed by atoms with Crippen LogP contribution in [-0.4, -0.2) is 85.4 Å². The number of aromatic nitrogens is 2. The van der Waals surface area contributed by atoms with Crippen molar-refractivity contribution in [3.8, 4) is 0 Å². The number of hydrogen-bond donors (Lipinski definition) is 1. The van der Waals surface area contributed by atoms with E-state index in [1.165, 1.54) is 27.8 Å². The zero-order valence-corrected chi connectivity index (χ0v) is 22.5. The van der Waals surface area contributed by atoms with E-state index < -0.39 is 35.5 Å². The Balaban J connectivity index is 1.30. The molecular weight excluding hydrogens is 531 g/mol. The quantitative estimate of drug-likeness (QED) is 0.301. The van der Waals surface area contributed by atoms with Crippen LogP contribution in [0.2, 0.25) is 0 Å². The largest absolute Gasteiger partial charge is 0.334 e. The maximum Gasteiger partial charge on any atom is 0.267 e. The fourth-order valence-electron chi connectivity index (χ4n) is 6.12. The number of nitrogens with zero attached hydrogens (tertiary/aromatic N) is 5. The van der Waals surface area contributed by atoms with E-state index in [1.54, 1.807) is 34.9 Å². The number of fused-ring (bicyclic) bond motifs is 2. The molecule has 1 saturated heterocycles. The molecule has 41 heavy (non-hydrogen) atoms. The van der Waals surface area contributed by atoms with Crippen molar-refractivity contribution in [2.24, 2.45) is 5.92 Å². The molecule has 2 atom stereocenters. The SMILES string of the molecule is Cc1ccc(=O)n(CC(=N)CN2C(=O)C3C4=C(C(=O)C(=O)CN3C2C2CC2)C(=O)N(Cc2ccc(F)cc2)CC4)n1. The van der Waals surface area contributed by atoms with E-state index in [9.17, 15) is 28.4 Å². The Labute approximate surface area is 234 Å². The summed E-state index contributed by atoms with van der Waals surface area (Å²) in [5, 5.41) is 12.8. The first-order valence-corrected chi connectivity index (χ1v) is 13.6. The first kappa shape index (κ1) is 26.9. The molecule has 0 radical (unpaired) electrons. The van der Waals surface area contributed by atoms with Gasteiger partial charge in [-0.15, -0.1) is 0 Å².